The lowest BCUT2D eigenvalue weighted by atomic mass is 10.3. The zero-order valence-corrected chi connectivity index (χ0v) is 15.8. The van der Waals surface area contributed by atoms with E-state index in [2.05, 4.69) is 9.97 Å². The first kappa shape index (κ1) is 20.0. The van der Waals surface area contributed by atoms with E-state index < -0.39 is 11.1 Å². The molecule has 0 spiro atoms. The van der Waals surface area contributed by atoms with Crippen molar-refractivity contribution in [1.82, 2.24) is 14.9 Å². The second-order valence-corrected chi connectivity index (χ2v) is 6.98. The van der Waals surface area contributed by atoms with E-state index in [1.165, 1.54) is 23.9 Å². The van der Waals surface area contributed by atoms with Gasteiger partial charge in [-0.1, -0.05) is 23.9 Å². The number of hydrogen-bond acceptors (Lipinski definition) is 5. The first-order chi connectivity index (χ1) is 12.4. The van der Waals surface area contributed by atoms with E-state index in [9.17, 15) is 14.0 Å². The number of H-pyrrole nitrogens is 1. The van der Waals surface area contributed by atoms with Crippen molar-refractivity contribution in [3.8, 4) is 5.75 Å². The molecule has 0 aliphatic rings. The van der Waals surface area contributed by atoms with Crippen molar-refractivity contribution in [3.05, 3.63) is 52.2 Å². The first-order valence-electron chi connectivity index (χ1n) is 8.31. The molecule has 1 amide bonds. The van der Waals surface area contributed by atoms with Crippen molar-refractivity contribution < 1.29 is 13.9 Å². The number of rotatable bonds is 8. The number of hydrogen-bond donors (Lipinski definition) is 1. The van der Waals surface area contributed by atoms with Crippen LogP contribution in [0.15, 0.2) is 40.3 Å². The maximum absolute atomic E-state index is 13.5. The summed E-state index contributed by atoms with van der Waals surface area (Å²) in [5, 5.41) is -0.0112. The largest absolute Gasteiger partial charge is 0.489 e. The van der Waals surface area contributed by atoms with E-state index in [1.807, 2.05) is 6.92 Å². The first-order valence-corrected chi connectivity index (χ1v) is 9.19. The molecule has 2 rings (SSSR count). The highest BCUT2D eigenvalue weighted by atomic mass is 32.2. The van der Waals surface area contributed by atoms with Crippen LogP contribution in [0.2, 0.25) is 0 Å². The van der Waals surface area contributed by atoms with Gasteiger partial charge in [0.25, 0.3) is 5.56 Å². The van der Waals surface area contributed by atoms with Gasteiger partial charge in [-0.25, -0.2) is 9.37 Å². The minimum atomic E-state index is -0.430. The van der Waals surface area contributed by atoms with Gasteiger partial charge in [0.15, 0.2) is 16.7 Å². The van der Waals surface area contributed by atoms with Crippen molar-refractivity contribution in [2.24, 2.45) is 0 Å². The summed E-state index contributed by atoms with van der Waals surface area (Å²) in [5.41, 5.74) is 0.354. The fourth-order valence-corrected chi connectivity index (χ4v) is 3.28. The molecule has 1 aromatic carbocycles. The van der Waals surface area contributed by atoms with Gasteiger partial charge in [0, 0.05) is 18.3 Å². The molecule has 1 heterocycles. The quantitative estimate of drug-likeness (QED) is 0.564. The van der Waals surface area contributed by atoms with Crippen molar-refractivity contribution in [2.45, 2.75) is 31.2 Å². The SMILES string of the molecule is CCN(CCOc1ccccc1F)C(=O)[C@H](C)Sc1nc(C)cc(=O)[nH]1. The highest BCUT2D eigenvalue weighted by Crippen LogP contribution is 2.20. The molecule has 0 radical (unpaired) electrons. The number of thioether (sulfide) groups is 1. The van der Waals surface area contributed by atoms with Gasteiger partial charge >= 0.3 is 0 Å². The van der Waals surface area contributed by atoms with Crippen LogP contribution in [-0.2, 0) is 4.79 Å². The van der Waals surface area contributed by atoms with Crippen LogP contribution < -0.4 is 10.3 Å². The van der Waals surface area contributed by atoms with E-state index in [0.717, 1.165) is 0 Å². The Morgan fingerprint density at radius 2 is 2.15 bits per heavy atom. The number of nitrogens with one attached hydrogen (secondary N) is 1. The number of carbonyl (C=O) groups excluding carboxylic acids is 1. The standard InChI is InChI=1S/C18H22FN3O3S/c1-4-22(9-10-25-15-8-6-5-7-14(15)19)17(24)13(3)26-18-20-12(2)11-16(23)21-18/h5-8,11,13H,4,9-10H2,1-3H3,(H,20,21,23)/t13-/m0/s1. The Hall–Kier alpha value is -2.35. The molecule has 2 aromatic rings. The summed E-state index contributed by atoms with van der Waals surface area (Å²) in [6.07, 6.45) is 0. The molecular weight excluding hydrogens is 357 g/mol. The third-order valence-corrected chi connectivity index (χ3v) is 4.60. The second-order valence-electron chi connectivity index (χ2n) is 5.65. The lowest BCUT2D eigenvalue weighted by Crippen LogP contribution is -2.39. The summed E-state index contributed by atoms with van der Waals surface area (Å²) in [6.45, 7) is 6.39. The fourth-order valence-electron chi connectivity index (χ4n) is 2.33. The van der Waals surface area contributed by atoms with Crippen molar-refractivity contribution >= 4 is 17.7 Å². The van der Waals surface area contributed by atoms with Crippen LogP contribution in [0.3, 0.4) is 0 Å². The minimum Gasteiger partial charge on any atom is -0.489 e. The topological polar surface area (TPSA) is 75.3 Å². The Morgan fingerprint density at radius 1 is 1.42 bits per heavy atom. The average molecular weight is 379 g/mol. The number of aromatic amines is 1. The zero-order chi connectivity index (χ0) is 19.1. The lowest BCUT2D eigenvalue weighted by Gasteiger charge is -2.24. The molecule has 0 saturated heterocycles. The molecule has 0 fully saturated rings. The lowest BCUT2D eigenvalue weighted by molar-refractivity contribution is -0.130. The molecule has 0 bridgehead atoms. The number of aryl methyl sites for hydroxylation is 1. The summed E-state index contributed by atoms with van der Waals surface area (Å²) >= 11 is 1.20. The number of likely N-dealkylation sites (N-methyl/N-ethyl adjacent to an activating group) is 1. The van der Waals surface area contributed by atoms with Crippen LogP contribution in [0.1, 0.15) is 19.5 Å². The summed E-state index contributed by atoms with van der Waals surface area (Å²) in [5.74, 6) is -0.362. The van der Waals surface area contributed by atoms with Gasteiger partial charge in [-0.3, -0.25) is 9.59 Å². The van der Waals surface area contributed by atoms with Crippen LogP contribution in [0, 0.1) is 12.7 Å². The Morgan fingerprint density at radius 3 is 2.81 bits per heavy atom. The molecule has 8 heteroatoms. The average Bonchev–Trinajstić information content (AvgIpc) is 2.58. The van der Waals surface area contributed by atoms with Crippen LogP contribution >= 0.6 is 11.8 Å². The van der Waals surface area contributed by atoms with E-state index in [4.69, 9.17) is 4.74 Å². The van der Waals surface area contributed by atoms with Gasteiger partial charge in [0.1, 0.15) is 6.61 Å². The molecule has 1 atom stereocenters. The summed E-state index contributed by atoms with van der Waals surface area (Å²) in [4.78, 5) is 32.6. The van der Waals surface area contributed by atoms with E-state index in [1.54, 1.807) is 36.9 Å². The van der Waals surface area contributed by atoms with Crippen LogP contribution in [-0.4, -0.2) is 45.7 Å². The molecule has 6 nitrogen and oxygen atoms in total. The maximum atomic E-state index is 13.5. The van der Waals surface area contributed by atoms with E-state index in [-0.39, 0.29) is 23.8 Å². The molecule has 0 saturated carbocycles. The highest BCUT2D eigenvalue weighted by molar-refractivity contribution is 8.00. The van der Waals surface area contributed by atoms with E-state index >= 15 is 0 Å². The number of aromatic nitrogens is 2. The van der Waals surface area contributed by atoms with Crippen molar-refractivity contribution in [2.75, 3.05) is 19.7 Å². The Kier molecular flexibility index (Phi) is 7.20. The molecule has 0 aliphatic heterocycles. The minimum absolute atomic E-state index is 0.0983. The monoisotopic (exact) mass is 379 g/mol. The summed E-state index contributed by atoms with van der Waals surface area (Å²) in [6, 6.07) is 7.55. The van der Waals surface area contributed by atoms with E-state index in [0.29, 0.717) is 23.9 Å². The van der Waals surface area contributed by atoms with Crippen LogP contribution in [0.5, 0.6) is 5.75 Å². The van der Waals surface area contributed by atoms with Gasteiger partial charge in [0.2, 0.25) is 5.91 Å². The maximum Gasteiger partial charge on any atom is 0.251 e. The summed E-state index contributed by atoms with van der Waals surface area (Å²) in [7, 11) is 0. The van der Waals surface area contributed by atoms with Gasteiger partial charge < -0.3 is 14.6 Å². The number of halogens is 1. The summed E-state index contributed by atoms with van der Waals surface area (Å²) < 4.78 is 19.0. The van der Waals surface area contributed by atoms with Gasteiger partial charge in [-0.2, -0.15) is 0 Å². The number of carbonyl (C=O) groups is 1. The second kappa shape index (κ2) is 9.38. The molecule has 1 N–H and O–H groups in total. The van der Waals surface area contributed by atoms with Crippen molar-refractivity contribution in [3.63, 3.8) is 0 Å². The highest BCUT2D eigenvalue weighted by Gasteiger charge is 2.21. The number of benzene rings is 1. The van der Waals surface area contributed by atoms with Crippen LogP contribution in [0.4, 0.5) is 4.39 Å². The smallest absolute Gasteiger partial charge is 0.251 e. The van der Waals surface area contributed by atoms with Crippen LogP contribution in [0.25, 0.3) is 0 Å². The number of ether oxygens (including phenoxy) is 1. The zero-order valence-electron chi connectivity index (χ0n) is 15.0. The number of para-hydroxylation sites is 1. The number of nitrogens with zero attached hydrogens (tertiary/aromatic N) is 2. The molecule has 0 aliphatic carbocycles. The Labute approximate surface area is 155 Å². The van der Waals surface area contributed by atoms with Gasteiger partial charge in [-0.05, 0) is 32.9 Å². The normalized spacial score (nSPS) is 11.8. The fraction of sp³-hybridized carbons (Fsp3) is 0.389. The predicted molar refractivity (Wildman–Crippen MR) is 99.1 cm³/mol. The van der Waals surface area contributed by atoms with Gasteiger partial charge in [-0.15, -0.1) is 0 Å². The van der Waals surface area contributed by atoms with Gasteiger partial charge in [0.05, 0.1) is 11.8 Å². The third kappa shape index (κ3) is 5.59. The molecule has 140 valence electrons. The molecule has 0 unspecified atom stereocenters. The Bertz CT molecular complexity index is 812. The van der Waals surface area contributed by atoms with Crippen molar-refractivity contribution in [1.29, 1.82) is 0 Å². The molecule has 1 aromatic heterocycles. The predicted octanol–water partition coefficient (Wildman–Crippen LogP) is 2.63. The molecule has 26 heavy (non-hydrogen) atoms. The third-order valence-electron chi connectivity index (χ3n) is 3.63. The Balaban J connectivity index is 1.92. The number of amides is 1. The molecular formula is C18H22FN3O3S.